The van der Waals surface area contributed by atoms with Gasteiger partial charge in [0.25, 0.3) is 5.91 Å². The number of aliphatic hydroxyl groups is 1. The van der Waals surface area contributed by atoms with Crippen molar-refractivity contribution in [3.63, 3.8) is 0 Å². The summed E-state index contributed by atoms with van der Waals surface area (Å²) in [5.74, 6) is -3.41. The lowest BCUT2D eigenvalue weighted by atomic mass is 10.0. The molecule has 2 aromatic heterocycles. The van der Waals surface area contributed by atoms with Crippen molar-refractivity contribution in [2.75, 3.05) is 25.5 Å². The fraction of sp³-hybridized carbons (Fsp3) is 0.320. The third-order valence-electron chi connectivity index (χ3n) is 5.72. The number of pyridine rings is 1. The Balaban J connectivity index is 1.51. The van der Waals surface area contributed by atoms with Gasteiger partial charge in [-0.2, -0.15) is 5.26 Å². The van der Waals surface area contributed by atoms with E-state index in [1.807, 2.05) is 6.07 Å². The second-order valence-electron chi connectivity index (χ2n) is 8.39. The normalized spacial score (nSPS) is 17.4. The summed E-state index contributed by atoms with van der Waals surface area (Å²) in [6.45, 7) is 0.363. The third kappa shape index (κ3) is 5.90. The fourth-order valence-corrected chi connectivity index (χ4v) is 3.86. The molecule has 192 valence electrons. The highest BCUT2D eigenvalue weighted by Crippen LogP contribution is 2.34. The van der Waals surface area contributed by atoms with Crippen LogP contribution in [-0.4, -0.2) is 69.2 Å². The molecule has 3 aromatic rings. The number of benzene rings is 1. The lowest BCUT2D eigenvalue weighted by Crippen LogP contribution is -2.56. The molecule has 2 atom stereocenters. The summed E-state index contributed by atoms with van der Waals surface area (Å²) in [5.41, 5.74) is 1.78. The Kier molecular flexibility index (Phi) is 7.45. The molecule has 1 unspecified atom stereocenters. The molecule has 1 aliphatic rings. The Labute approximate surface area is 211 Å². The zero-order valence-corrected chi connectivity index (χ0v) is 20.1. The minimum Gasteiger partial charge on any atom is -0.483 e. The number of carbonyl (C=O) groups is 1. The molecule has 0 aliphatic carbocycles. The van der Waals surface area contributed by atoms with Crippen molar-refractivity contribution in [1.82, 2.24) is 19.9 Å². The Hall–Kier alpha value is -4.37. The maximum atomic E-state index is 14.8. The van der Waals surface area contributed by atoms with E-state index in [-0.39, 0.29) is 24.3 Å². The minimum absolute atomic E-state index is 0.00233. The summed E-state index contributed by atoms with van der Waals surface area (Å²) in [6.07, 6.45) is 0.0643. The quantitative estimate of drug-likeness (QED) is 0.492. The van der Waals surface area contributed by atoms with E-state index < -0.39 is 30.6 Å². The molecule has 1 aliphatic heterocycles. The number of halogens is 2. The highest BCUT2D eigenvalue weighted by Gasteiger charge is 2.48. The van der Waals surface area contributed by atoms with Gasteiger partial charge < -0.3 is 24.8 Å². The van der Waals surface area contributed by atoms with Crippen LogP contribution in [0, 0.1) is 11.3 Å². The van der Waals surface area contributed by atoms with E-state index in [4.69, 9.17) is 9.47 Å². The molecule has 10 nitrogen and oxygen atoms in total. The second-order valence-corrected chi connectivity index (χ2v) is 8.39. The van der Waals surface area contributed by atoms with E-state index in [0.717, 1.165) is 4.90 Å². The molecule has 3 heterocycles. The number of hydrogen-bond acceptors (Lipinski definition) is 9. The summed E-state index contributed by atoms with van der Waals surface area (Å²) in [5, 5.41) is 22.1. The number of nitrogens with one attached hydrogen (secondary N) is 1. The van der Waals surface area contributed by atoms with Gasteiger partial charge in [-0.25, -0.2) is 23.7 Å². The molecule has 0 spiro atoms. The van der Waals surface area contributed by atoms with Crippen molar-refractivity contribution < 1.29 is 28.2 Å². The summed E-state index contributed by atoms with van der Waals surface area (Å²) in [7, 11) is 1.51. The molecule has 0 radical (unpaired) electrons. The number of ether oxygens (including phenoxy) is 2. The van der Waals surface area contributed by atoms with Gasteiger partial charge in [-0.3, -0.25) is 4.79 Å². The second kappa shape index (κ2) is 10.7. The summed E-state index contributed by atoms with van der Waals surface area (Å²) >= 11 is 0. The Bertz CT molecular complexity index is 1330. The first-order valence-electron chi connectivity index (χ1n) is 11.4. The highest BCUT2D eigenvalue weighted by molar-refractivity contribution is 5.80. The van der Waals surface area contributed by atoms with Crippen LogP contribution in [0.2, 0.25) is 0 Å². The van der Waals surface area contributed by atoms with E-state index in [1.165, 1.54) is 26.2 Å². The summed E-state index contributed by atoms with van der Waals surface area (Å²) in [6, 6.07) is 11.6. The van der Waals surface area contributed by atoms with Crippen LogP contribution in [0.15, 0.2) is 48.8 Å². The van der Waals surface area contributed by atoms with Crippen LogP contribution in [0.5, 0.6) is 11.6 Å². The monoisotopic (exact) mass is 510 g/mol. The lowest BCUT2D eigenvalue weighted by Gasteiger charge is -2.38. The number of hydrogen-bond donors (Lipinski definition) is 2. The molecule has 4 rings (SSSR count). The van der Waals surface area contributed by atoms with Crippen LogP contribution in [0.4, 0.5) is 20.4 Å². The van der Waals surface area contributed by atoms with Crippen LogP contribution in [-0.2, 0) is 4.79 Å². The Morgan fingerprint density at radius 3 is 2.76 bits per heavy atom. The van der Waals surface area contributed by atoms with Gasteiger partial charge in [-0.05, 0) is 37.3 Å². The third-order valence-corrected chi connectivity index (χ3v) is 5.72. The first-order valence-corrected chi connectivity index (χ1v) is 11.4. The molecule has 0 bridgehead atoms. The van der Waals surface area contributed by atoms with Crippen LogP contribution in [0.1, 0.15) is 18.9 Å². The van der Waals surface area contributed by atoms with E-state index in [1.54, 1.807) is 36.7 Å². The number of nitrogens with zero attached hydrogens (tertiary/aromatic N) is 5. The maximum Gasteiger partial charge on any atom is 0.301 e. The van der Waals surface area contributed by atoms with Crippen molar-refractivity contribution in [1.29, 1.82) is 5.26 Å². The molecule has 1 saturated heterocycles. The van der Waals surface area contributed by atoms with Crippen molar-refractivity contribution >= 4 is 17.5 Å². The topological polar surface area (TPSA) is 133 Å². The number of piperidine rings is 1. The smallest absolute Gasteiger partial charge is 0.301 e. The van der Waals surface area contributed by atoms with Gasteiger partial charge in [0.2, 0.25) is 11.8 Å². The van der Waals surface area contributed by atoms with E-state index in [2.05, 4.69) is 20.3 Å². The van der Waals surface area contributed by atoms with Crippen LogP contribution in [0.3, 0.4) is 0 Å². The number of methoxy groups -OCH3 is 1. The molecular formula is C25H24F2N6O4. The van der Waals surface area contributed by atoms with Gasteiger partial charge in [0.15, 0.2) is 6.10 Å². The van der Waals surface area contributed by atoms with Crippen molar-refractivity contribution in [3.05, 3.63) is 54.4 Å². The van der Waals surface area contributed by atoms with Crippen molar-refractivity contribution in [3.8, 4) is 29.0 Å². The number of aromatic nitrogens is 3. The molecule has 2 N–H and O–H groups in total. The SMILES string of the molecule is COc1cc(Nc2nccc(-c3ccc(OC4CCN(C(=O)[C@H](C)O)CC4(F)F)c(C#N)c3)n2)ccn1. The van der Waals surface area contributed by atoms with Gasteiger partial charge in [0.05, 0.1) is 24.9 Å². The van der Waals surface area contributed by atoms with Crippen molar-refractivity contribution in [2.24, 2.45) is 0 Å². The number of rotatable bonds is 7. The van der Waals surface area contributed by atoms with E-state index in [0.29, 0.717) is 28.8 Å². The Morgan fingerprint density at radius 2 is 2.05 bits per heavy atom. The first kappa shape index (κ1) is 25.7. The van der Waals surface area contributed by atoms with Crippen LogP contribution >= 0.6 is 0 Å². The van der Waals surface area contributed by atoms with Crippen LogP contribution < -0.4 is 14.8 Å². The van der Waals surface area contributed by atoms with Gasteiger partial charge >= 0.3 is 5.92 Å². The number of carbonyl (C=O) groups excluding carboxylic acids is 1. The van der Waals surface area contributed by atoms with Crippen molar-refractivity contribution in [2.45, 2.75) is 31.5 Å². The van der Waals surface area contributed by atoms with Gasteiger partial charge in [-0.1, -0.05) is 0 Å². The largest absolute Gasteiger partial charge is 0.483 e. The number of amides is 1. The van der Waals surface area contributed by atoms with Gasteiger partial charge in [0.1, 0.15) is 17.9 Å². The number of alkyl halides is 2. The van der Waals surface area contributed by atoms with E-state index in [9.17, 15) is 23.9 Å². The number of nitriles is 1. The zero-order valence-electron chi connectivity index (χ0n) is 20.1. The molecule has 1 fully saturated rings. The van der Waals surface area contributed by atoms with E-state index >= 15 is 0 Å². The number of likely N-dealkylation sites (tertiary alicyclic amines) is 1. The van der Waals surface area contributed by atoms with Gasteiger partial charge in [-0.15, -0.1) is 0 Å². The number of aliphatic hydroxyl groups excluding tert-OH is 1. The molecule has 0 saturated carbocycles. The molecule has 12 heteroatoms. The highest BCUT2D eigenvalue weighted by atomic mass is 19.3. The average molecular weight is 511 g/mol. The first-order chi connectivity index (χ1) is 17.7. The minimum atomic E-state index is -3.36. The predicted octanol–water partition coefficient (Wildman–Crippen LogP) is 3.16. The average Bonchev–Trinajstić information content (AvgIpc) is 2.89. The molecule has 1 amide bonds. The fourth-order valence-electron chi connectivity index (χ4n) is 3.86. The zero-order chi connectivity index (χ0) is 26.6. The predicted molar refractivity (Wildman–Crippen MR) is 128 cm³/mol. The molecular weight excluding hydrogens is 486 g/mol. The lowest BCUT2D eigenvalue weighted by molar-refractivity contribution is -0.165. The van der Waals surface area contributed by atoms with Crippen LogP contribution in [0.25, 0.3) is 11.3 Å². The molecule has 1 aromatic carbocycles. The Morgan fingerprint density at radius 1 is 1.27 bits per heavy atom. The standard InChI is InChI=1S/C25H24F2N6O4/c1-15(34)23(35)33-10-7-21(25(26,27)14-33)37-20-4-3-16(11-17(20)13-28)19-6-9-30-24(32-19)31-18-5-8-29-22(12-18)36-2/h3-6,8-9,11-12,15,21,34H,7,10,14H2,1-2H3,(H,29,30,31,32)/t15-,21?/m0/s1. The molecule has 37 heavy (non-hydrogen) atoms. The number of anilines is 2. The maximum absolute atomic E-state index is 14.8. The van der Waals surface area contributed by atoms with Gasteiger partial charge in [0, 0.05) is 42.7 Å². The summed E-state index contributed by atoms with van der Waals surface area (Å²) in [4.78, 5) is 25.5. The summed E-state index contributed by atoms with van der Waals surface area (Å²) < 4.78 is 40.2.